The lowest BCUT2D eigenvalue weighted by atomic mass is 10.0. The van der Waals surface area contributed by atoms with E-state index < -0.39 is 0 Å². The lowest BCUT2D eigenvalue weighted by Crippen LogP contribution is -2.04. The van der Waals surface area contributed by atoms with Crippen molar-refractivity contribution in [3.63, 3.8) is 0 Å². The molecule has 0 fully saturated rings. The van der Waals surface area contributed by atoms with Crippen LogP contribution in [-0.2, 0) is 6.42 Å². The van der Waals surface area contributed by atoms with Crippen LogP contribution in [0.25, 0.3) is 11.0 Å². The van der Waals surface area contributed by atoms with E-state index in [1.807, 2.05) is 13.0 Å². The number of rotatable bonds is 0. The molecule has 0 bridgehead atoms. The summed E-state index contributed by atoms with van der Waals surface area (Å²) in [6, 6.07) is 2.88. The maximum Gasteiger partial charge on any atom is 0.196 e. The zero-order valence-corrected chi connectivity index (χ0v) is 10.8. The summed E-state index contributed by atoms with van der Waals surface area (Å²) in [4.78, 5) is 12.0. The van der Waals surface area contributed by atoms with Crippen molar-refractivity contribution in [1.29, 1.82) is 0 Å². The summed E-state index contributed by atoms with van der Waals surface area (Å²) in [5.74, 6) is 1.00. The lowest BCUT2D eigenvalue weighted by Gasteiger charge is -2.11. The molecule has 2 aromatic rings. The molecule has 1 N–H and O–H groups in total. The zero-order chi connectivity index (χ0) is 13.6. The van der Waals surface area contributed by atoms with Crippen molar-refractivity contribution in [1.82, 2.24) is 0 Å². The van der Waals surface area contributed by atoms with Crippen molar-refractivity contribution in [2.24, 2.45) is 0 Å². The minimum absolute atomic E-state index is 0.0953. The largest absolute Gasteiger partial charge is 0.507 e. The van der Waals surface area contributed by atoms with E-state index in [4.69, 9.17) is 9.15 Å². The van der Waals surface area contributed by atoms with Gasteiger partial charge in [-0.3, -0.25) is 4.79 Å². The number of ether oxygens (including phenoxy) is 1. The number of allylic oxidation sites excluding steroid dienone is 1. The number of phenolic OH excluding ortho intramolecular Hbond substituents is 1. The highest BCUT2D eigenvalue weighted by Gasteiger charge is 2.19. The second-order valence-electron chi connectivity index (χ2n) is 4.84. The van der Waals surface area contributed by atoms with Gasteiger partial charge in [0.05, 0.1) is 0 Å². The van der Waals surface area contributed by atoms with Gasteiger partial charge in [0.15, 0.2) is 5.43 Å². The maximum absolute atomic E-state index is 12.0. The van der Waals surface area contributed by atoms with Crippen LogP contribution >= 0.6 is 0 Å². The van der Waals surface area contributed by atoms with Gasteiger partial charge in [-0.05, 0) is 25.8 Å². The molecule has 3 rings (SSSR count). The van der Waals surface area contributed by atoms with E-state index >= 15 is 0 Å². The lowest BCUT2D eigenvalue weighted by molar-refractivity contribution is 0.349. The third kappa shape index (κ3) is 1.89. The van der Waals surface area contributed by atoms with E-state index in [2.05, 4.69) is 0 Å². The monoisotopic (exact) mass is 258 g/mol. The summed E-state index contributed by atoms with van der Waals surface area (Å²) in [6.45, 7) is 4.18. The van der Waals surface area contributed by atoms with Crippen molar-refractivity contribution in [2.75, 3.05) is 6.61 Å². The van der Waals surface area contributed by atoms with Crippen molar-refractivity contribution in [3.05, 3.63) is 45.3 Å². The summed E-state index contributed by atoms with van der Waals surface area (Å²) in [6.07, 6.45) is 2.68. The fraction of sp³-hybridized carbons (Fsp3) is 0.267. The number of aromatic hydroxyl groups is 1. The molecule has 0 amide bonds. The van der Waals surface area contributed by atoms with Gasteiger partial charge in [-0.1, -0.05) is 6.08 Å². The number of phenols is 1. The summed E-state index contributed by atoms with van der Waals surface area (Å²) in [5.41, 5.74) is 2.11. The van der Waals surface area contributed by atoms with Crippen LogP contribution in [0, 0.1) is 6.92 Å². The normalized spacial score (nSPS) is 14.5. The second kappa shape index (κ2) is 4.16. The zero-order valence-electron chi connectivity index (χ0n) is 10.8. The molecule has 1 aliphatic heterocycles. The first-order chi connectivity index (χ1) is 9.06. The molecule has 0 saturated carbocycles. The van der Waals surface area contributed by atoms with Crippen LogP contribution < -0.4 is 10.2 Å². The van der Waals surface area contributed by atoms with Crippen molar-refractivity contribution >= 4 is 11.0 Å². The molecule has 0 aliphatic carbocycles. The predicted molar refractivity (Wildman–Crippen MR) is 71.8 cm³/mol. The van der Waals surface area contributed by atoms with Gasteiger partial charge in [0.25, 0.3) is 0 Å². The van der Waals surface area contributed by atoms with E-state index in [9.17, 15) is 9.90 Å². The highest BCUT2D eigenvalue weighted by Crippen LogP contribution is 2.35. The van der Waals surface area contributed by atoms with Gasteiger partial charge >= 0.3 is 0 Å². The molecular formula is C15H14O4. The third-order valence-electron chi connectivity index (χ3n) is 3.28. The molecule has 98 valence electrons. The predicted octanol–water partition coefficient (Wildman–Crippen LogP) is 2.69. The number of aryl methyl sites for hydroxylation is 1. The highest BCUT2D eigenvalue weighted by atomic mass is 16.5. The quantitative estimate of drug-likeness (QED) is 0.738. The van der Waals surface area contributed by atoms with Crippen LogP contribution in [0.5, 0.6) is 11.5 Å². The van der Waals surface area contributed by atoms with Gasteiger partial charge < -0.3 is 14.3 Å². The maximum atomic E-state index is 12.0. The minimum atomic E-state index is -0.232. The molecule has 0 radical (unpaired) electrons. The van der Waals surface area contributed by atoms with Gasteiger partial charge in [0, 0.05) is 17.7 Å². The van der Waals surface area contributed by atoms with E-state index in [0.717, 1.165) is 11.1 Å². The van der Waals surface area contributed by atoms with Crippen LogP contribution in [0.1, 0.15) is 18.2 Å². The number of hydrogen-bond acceptors (Lipinski definition) is 4. The summed E-state index contributed by atoms with van der Waals surface area (Å²) >= 11 is 0. The van der Waals surface area contributed by atoms with Gasteiger partial charge in [0.2, 0.25) is 0 Å². The van der Waals surface area contributed by atoms with Gasteiger partial charge in [-0.25, -0.2) is 0 Å². The molecule has 2 heterocycles. The smallest absolute Gasteiger partial charge is 0.196 e. The Morgan fingerprint density at radius 1 is 1.26 bits per heavy atom. The number of fused-ring (bicyclic) bond motifs is 3. The molecule has 0 saturated heterocycles. The molecule has 1 aromatic heterocycles. The second-order valence-corrected chi connectivity index (χ2v) is 4.84. The number of benzene rings is 1. The first-order valence-electron chi connectivity index (χ1n) is 6.14. The van der Waals surface area contributed by atoms with E-state index in [1.54, 1.807) is 6.92 Å². The molecule has 0 spiro atoms. The molecule has 1 aliphatic rings. The molecular weight excluding hydrogens is 244 g/mol. The third-order valence-corrected chi connectivity index (χ3v) is 3.28. The first kappa shape index (κ1) is 11.8. The molecule has 4 heteroatoms. The van der Waals surface area contributed by atoms with E-state index in [1.165, 1.54) is 12.1 Å². The Hall–Kier alpha value is -2.23. The first-order valence-corrected chi connectivity index (χ1v) is 6.14. The van der Waals surface area contributed by atoms with E-state index in [-0.39, 0.29) is 16.6 Å². The van der Waals surface area contributed by atoms with Gasteiger partial charge in [-0.15, -0.1) is 0 Å². The van der Waals surface area contributed by atoms with Gasteiger partial charge in [0.1, 0.15) is 34.8 Å². The van der Waals surface area contributed by atoms with Crippen molar-refractivity contribution in [3.8, 4) is 11.5 Å². The Kier molecular flexibility index (Phi) is 2.59. The van der Waals surface area contributed by atoms with Crippen LogP contribution in [0.2, 0.25) is 0 Å². The Bertz CT molecular complexity index is 753. The molecule has 0 unspecified atom stereocenters. The van der Waals surface area contributed by atoms with Gasteiger partial charge in [-0.2, -0.15) is 0 Å². The molecule has 4 nitrogen and oxygen atoms in total. The minimum Gasteiger partial charge on any atom is -0.507 e. The highest BCUT2D eigenvalue weighted by molar-refractivity contribution is 5.88. The van der Waals surface area contributed by atoms with E-state index in [0.29, 0.717) is 30.1 Å². The average Bonchev–Trinajstić information content (AvgIpc) is 2.51. The summed E-state index contributed by atoms with van der Waals surface area (Å²) < 4.78 is 11.3. The fourth-order valence-corrected chi connectivity index (χ4v) is 2.31. The average molecular weight is 258 g/mol. The molecule has 19 heavy (non-hydrogen) atoms. The standard InChI is InChI=1S/C15H14O4/c1-8-3-4-10-13(18-7-8)6-12(17)14-11(16)5-9(2)19-15(10)14/h3,5-6,17H,4,7H2,1-2H3. The fourth-order valence-electron chi connectivity index (χ4n) is 2.31. The Labute approximate surface area is 109 Å². The Morgan fingerprint density at radius 2 is 2.05 bits per heavy atom. The molecule has 1 aromatic carbocycles. The van der Waals surface area contributed by atoms with Crippen LogP contribution in [0.3, 0.4) is 0 Å². The van der Waals surface area contributed by atoms with Crippen LogP contribution in [0.15, 0.2) is 33.0 Å². The SMILES string of the molecule is CC1=CCc2c(cc(O)c3c(=O)cc(C)oc23)OC1. The summed E-state index contributed by atoms with van der Waals surface area (Å²) in [7, 11) is 0. The van der Waals surface area contributed by atoms with Crippen LogP contribution in [0.4, 0.5) is 0 Å². The molecule has 0 atom stereocenters. The van der Waals surface area contributed by atoms with Crippen molar-refractivity contribution < 1.29 is 14.3 Å². The number of hydrogen-bond donors (Lipinski definition) is 1. The Balaban J connectivity index is 2.40. The Morgan fingerprint density at radius 3 is 2.84 bits per heavy atom. The summed E-state index contributed by atoms with van der Waals surface area (Å²) in [5, 5.41) is 10.2. The van der Waals surface area contributed by atoms with Crippen molar-refractivity contribution in [2.45, 2.75) is 20.3 Å². The van der Waals surface area contributed by atoms with Crippen LogP contribution in [-0.4, -0.2) is 11.7 Å². The topological polar surface area (TPSA) is 59.7 Å².